The summed E-state index contributed by atoms with van der Waals surface area (Å²) in [6.45, 7) is 2.06. The van der Waals surface area contributed by atoms with Gasteiger partial charge in [0.2, 0.25) is 5.91 Å². The van der Waals surface area contributed by atoms with Gasteiger partial charge in [-0.15, -0.1) is 0 Å². The molecular weight excluding hydrogens is 190 g/mol. The molecule has 0 aliphatic carbocycles. The van der Waals surface area contributed by atoms with Gasteiger partial charge in [0.05, 0.1) is 11.4 Å². The molecule has 1 saturated heterocycles. The van der Waals surface area contributed by atoms with E-state index in [4.69, 9.17) is 5.73 Å². The van der Waals surface area contributed by atoms with Gasteiger partial charge in [-0.25, -0.2) is 10.4 Å². The van der Waals surface area contributed by atoms with E-state index < -0.39 is 0 Å². The topological polar surface area (TPSA) is 58.4 Å². The number of amides is 1. The monoisotopic (exact) mass is 205 g/mol. The lowest BCUT2D eigenvalue weighted by molar-refractivity contribution is -0.117. The van der Waals surface area contributed by atoms with Crippen molar-refractivity contribution in [2.45, 2.75) is 25.8 Å². The highest BCUT2D eigenvalue weighted by molar-refractivity contribution is 5.97. The predicted octanol–water partition coefficient (Wildman–Crippen LogP) is 1.29. The van der Waals surface area contributed by atoms with Crippen LogP contribution in [0.3, 0.4) is 0 Å². The molecule has 4 nitrogen and oxygen atoms in total. The molecule has 0 aromatic heterocycles. The van der Waals surface area contributed by atoms with Crippen LogP contribution >= 0.6 is 0 Å². The largest absolute Gasteiger partial charge is 0.397 e. The molecule has 1 heterocycles. The number of hydrazine groups is 1. The number of nitrogens with one attached hydrogen (secondary N) is 1. The number of benzene rings is 1. The third kappa shape index (κ3) is 1.80. The fraction of sp³-hybridized carbons (Fsp3) is 0.364. The van der Waals surface area contributed by atoms with Crippen LogP contribution in [-0.2, 0) is 4.79 Å². The minimum atomic E-state index is 0.0831. The van der Waals surface area contributed by atoms with Gasteiger partial charge in [-0.2, -0.15) is 0 Å². The number of hydrogen-bond donors (Lipinski definition) is 2. The van der Waals surface area contributed by atoms with Gasteiger partial charge in [0.25, 0.3) is 0 Å². The summed E-state index contributed by atoms with van der Waals surface area (Å²) >= 11 is 0. The molecule has 1 aliphatic heterocycles. The lowest BCUT2D eigenvalue weighted by Gasteiger charge is -2.19. The van der Waals surface area contributed by atoms with Crippen molar-refractivity contribution in [2.24, 2.45) is 0 Å². The lowest BCUT2D eigenvalue weighted by atomic mass is 10.2. The molecule has 1 aliphatic rings. The van der Waals surface area contributed by atoms with Crippen molar-refractivity contribution in [1.29, 1.82) is 0 Å². The Labute approximate surface area is 89.0 Å². The van der Waals surface area contributed by atoms with Crippen molar-refractivity contribution in [3.05, 3.63) is 24.3 Å². The summed E-state index contributed by atoms with van der Waals surface area (Å²) in [5, 5.41) is 1.56. The van der Waals surface area contributed by atoms with Gasteiger partial charge in [-0.05, 0) is 18.6 Å². The highest BCUT2D eigenvalue weighted by Crippen LogP contribution is 2.25. The van der Waals surface area contributed by atoms with Gasteiger partial charge >= 0.3 is 0 Å². The molecule has 1 unspecified atom stereocenters. The Morgan fingerprint density at radius 2 is 2.27 bits per heavy atom. The maximum absolute atomic E-state index is 11.7. The summed E-state index contributed by atoms with van der Waals surface area (Å²) in [6, 6.07) is 7.61. The maximum atomic E-state index is 11.7. The van der Waals surface area contributed by atoms with Crippen LogP contribution in [0, 0.1) is 0 Å². The first kappa shape index (κ1) is 9.98. The molecule has 0 spiro atoms. The Morgan fingerprint density at radius 3 is 2.87 bits per heavy atom. The summed E-state index contributed by atoms with van der Waals surface area (Å²) in [4.78, 5) is 11.7. The van der Waals surface area contributed by atoms with Gasteiger partial charge in [-0.1, -0.05) is 19.1 Å². The highest BCUT2D eigenvalue weighted by atomic mass is 16.2. The molecule has 1 amide bonds. The number of carbonyl (C=O) groups is 1. The van der Waals surface area contributed by atoms with E-state index >= 15 is 0 Å². The first-order valence-corrected chi connectivity index (χ1v) is 5.16. The number of anilines is 2. The molecule has 1 fully saturated rings. The number of nitrogens with two attached hydrogens (primary N) is 1. The van der Waals surface area contributed by atoms with Crippen LogP contribution in [0.15, 0.2) is 24.3 Å². The van der Waals surface area contributed by atoms with E-state index in [0.717, 1.165) is 12.1 Å². The third-order valence-electron chi connectivity index (χ3n) is 2.65. The standard InChI is InChI=1S/C11H15N3O/c1-2-8-7-11(15)14(13-8)10-6-4-3-5-9(10)12/h3-6,8,13H,2,7,12H2,1H3. The van der Waals surface area contributed by atoms with Crippen LogP contribution < -0.4 is 16.2 Å². The Balaban J connectivity index is 2.25. The van der Waals surface area contributed by atoms with Crippen molar-refractivity contribution in [1.82, 2.24) is 5.43 Å². The number of hydrogen-bond acceptors (Lipinski definition) is 3. The summed E-state index contributed by atoms with van der Waals surface area (Å²) in [7, 11) is 0. The zero-order valence-electron chi connectivity index (χ0n) is 8.73. The smallest absolute Gasteiger partial charge is 0.243 e. The van der Waals surface area contributed by atoms with Gasteiger partial charge < -0.3 is 5.73 Å². The SMILES string of the molecule is CCC1CC(=O)N(c2ccccc2N)N1. The van der Waals surface area contributed by atoms with Crippen LogP contribution in [-0.4, -0.2) is 11.9 Å². The lowest BCUT2D eigenvalue weighted by Crippen LogP contribution is -2.37. The predicted molar refractivity (Wildman–Crippen MR) is 60.2 cm³/mol. The molecule has 0 bridgehead atoms. The van der Waals surface area contributed by atoms with Gasteiger partial charge in [0.15, 0.2) is 0 Å². The molecule has 1 atom stereocenters. The molecule has 15 heavy (non-hydrogen) atoms. The van der Waals surface area contributed by atoms with E-state index in [1.165, 1.54) is 0 Å². The van der Waals surface area contributed by atoms with Crippen LogP contribution in [0.1, 0.15) is 19.8 Å². The molecule has 1 aromatic carbocycles. The fourth-order valence-corrected chi connectivity index (χ4v) is 1.73. The second-order valence-corrected chi connectivity index (χ2v) is 3.73. The van der Waals surface area contributed by atoms with Gasteiger partial charge in [-0.3, -0.25) is 4.79 Å². The molecular formula is C11H15N3O. The van der Waals surface area contributed by atoms with Crippen molar-refractivity contribution in [3.63, 3.8) is 0 Å². The van der Waals surface area contributed by atoms with Crippen LogP contribution in [0.4, 0.5) is 11.4 Å². The van der Waals surface area contributed by atoms with Crippen LogP contribution in [0.5, 0.6) is 0 Å². The maximum Gasteiger partial charge on any atom is 0.243 e. The van der Waals surface area contributed by atoms with E-state index in [1.807, 2.05) is 18.2 Å². The number of rotatable bonds is 2. The second kappa shape index (κ2) is 3.90. The van der Waals surface area contributed by atoms with Crippen LogP contribution in [0.2, 0.25) is 0 Å². The van der Waals surface area contributed by atoms with E-state index in [-0.39, 0.29) is 11.9 Å². The zero-order valence-corrected chi connectivity index (χ0v) is 8.73. The first-order valence-electron chi connectivity index (χ1n) is 5.16. The average Bonchev–Trinajstić information content (AvgIpc) is 2.60. The molecule has 1 aromatic rings. The van der Waals surface area contributed by atoms with E-state index in [0.29, 0.717) is 12.1 Å². The normalized spacial score (nSPS) is 21.0. The third-order valence-corrected chi connectivity index (χ3v) is 2.65. The van der Waals surface area contributed by atoms with Gasteiger partial charge in [0.1, 0.15) is 0 Å². The molecule has 2 rings (SSSR count). The van der Waals surface area contributed by atoms with Crippen molar-refractivity contribution < 1.29 is 4.79 Å². The minimum absolute atomic E-state index is 0.0831. The number of para-hydroxylation sites is 2. The molecule has 0 saturated carbocycles. The van der Waals surface area contributed by atoms with E-state index in [1.54, 1.807) is 11.1 Å². The van der Waals surface area contributed by atoms with E-state index in [9.17, 15) is 4.79 Å². The molecule has 3 N–H and O–H groups in total. The average molecular weight is 205 g/mol. The summed E-state index contributed by atoms with van der Waals surface area (Å²) in [6.07, 6.45) is 1.49. The van der Waals surface area contributed by atoms with Crippen molar-refractivity contribution in [2.75, 3.05) is 10.7 Å². The zero-order chi connectivity index (χ0) is 10.8. The van der Waals surface area contributed by atoms with Gasteiger partial charge in [0, 0.05) is 12.5 Å². The summed E-state index contributed by atoms with van der Waals surface area (Å²) < 4.78 is 0. The number of nitrogens with zero attached hydrogens (tertiary/aromatic N) is 1. The van der Waals surface area contributed by atoms with E-state index in [2.05, 4.69) is 12.3 Å². The summed E-state index contributed by atoms with van der Waals surface area (Å²) in [5.74, 6) is 0.0831. The Bertz CT molecular complexity index is 378. The Hall–Kier alpha value is -1.55. The second-order valence-electron chi connectivity index (χ2n) is 3.73. The minimum Gasteiger partial charge on any atom is -0.397 e. The fourth-order valence-electron chi connectivity index (χ4n) is 1.73. The highest BCUT2D eigenvalue weighted by Gasteiger charge is 2.29. The first-order chi connectivity index (χ1) is 7.22. The molecule has 80 valence electrons. The summed E-state index contributed by atoms with van der Waals surface area (Å²) in [5.41, 5.74) is 10.3. The van der Waals surface area contributed by atoms with Crippen molar-refractivity contribution >= 4 is 17.3 Å². The quantitative estimate of drug-likeness (QED) is 0.715. The van der Waals surface area contributed by atoms with Crippen LogP contribution in [0.25, 0.3) is 0 Å². The molecule has 4 heteroatoms. The number of nitrogen functional groups attached to an aromatic ring is 1. The molecule has 0 radical (unpaired) electrons. The number of carbonyl (C=O) groups excluding carboxylic acids is 1. The van der Waals surface area contributed by atoms with Crippen molar-refractivity contribution in [3.8, 4) is 0 Å². The Kier molecular flexibility index (Phi) is 2.60. The Morgan fingerprint density at radius 1 is 1.53 bits per heavy atom.